The van der Waals surface area contributed by atoms with Gasteiger partial charge in [-0.3, -0.25) is 0 Å². The lowest BCUT2D eigenvalue weighted by molar-refractivity contribution is 0.152. The fraction of sp³-hybridized carbons (Fsp3) is 0.588. The second-order valence-corrected chi connectivity index (χ2v) is 4.95. The van der Waals surface area contributed by atoms with Gasteiger partial charge in [0.05, 0.1) is 20.3 Å². The molecule has 6 heteroatoms. The Kier molecular flexibility index (Phi) is 9.63. The van der Waals surface area contributed by atoms with Crippen LogP contribution < -0.4 is 20.1 Å². The van der Waals surface area contributed by atoms with Gasteiger partial charge in [0.15, 0.2) is 5.96 Å². The molecule has 1 rings (SSSR count). The second-order valence-electron chi connectivity index (χ2n) is 4.95. The average molecular weight is 323 g/mol. The summed E-state index contributed by atoms with van der Waals surface area (Å²) in [6.45, 7) is 9.52. The summed E-state index contributed by atoms with van der Waals surface area (Å²) in [5.41, 5.74) is 0. The van der Waals surface area contributed by atoms with Crippen molar-refractivity contribution in [1.29, 1.82) is 0 Å². The monoisotopic (exact) mass is 323 g/mol. The van der Waals surface area contributed by atoms with Crippen LogP contribution in [0.1, 0.15) is 20.8 Å². The number of methoxy groups -OCH3 is 1. The number of benzene rings is 1. The largest absolute Gasteiger partial charge is 0.497 e. The zero-order valence-electron chi connectivity index (χ0n) is 14.6. The van der Waals surface area contributed by atoms with Crippen molar-refractivity contribution in [2.45, 2.75) is 26.9 Å². The van der Waals surface area contributed by atoms with Crippen molar-refractivity contribution in [1.82, 2.24) is 10.6 Å². The van der Waals surface area contributed by atoms with E-state index in [2.05, 4.69) is 15.6 Å². The van der Waals surface area contributed by atoms with Crippen LogP contribution in [0.25, 0.3) is 0 Å². The quantitative estimate of drug-likeness (QED) is 0.392. The van der Waals surface area contributed by atoms with Gasteiger partial charge in [0.1, 0.15) is 17.6 Å². The number of ether oxygens (including phenoxy) is 3. The van der Waals surface area contributed by atoms with E-state index in [0.717, 1.165) is 37.2 Å². The van der Waals surface area contributed by atoms with Crippen molar-refractivity contribution in [2.24, 2.45) is 4.99 Å². The molecule has 6 nitrogen and oxygen atoms in total. The van der Waals surface area contributed by atoms with Crippen LogP contribution in [-0.4, -0.2) is 52.0 Å². The van der Waals surface area contributed by atoms with Crippen LogP contribution in [0.3, 0.4) is 0 Å². The van der Waals surface area contributed by atoms with Crippen LogP contribution in [0, 0.1) is 0 Å². The molecule has 0 saturated carbocycles. The van der Waals surface area contributed by atoms with Crippen molar-refractivity contribution in [3.8, 4) is 11.5 Å². The Hall–Kier alpha value is -1.95. The van der Waals surface area contributed by atoms with Gasteiger partial charge >= 0.3 is 0 Å². The molecule has 0 amide bonds. The normalized spacial score (nSPS) is 12.6. The summed E-state index contributed by atoms with van der Waals surface area (Å²) in [5.74, 6) is 2.40. The minimum absolute atomic E-state index is 0.0225. The molecule has 0 radical (unpaired) electrons. The maximum atomic E-state index is 5.84. The predicted molar refractivity (Wildman–Crippen MR) is 93.6 cm³/mol. The van der Waals surface area contributed by atoms with Gasteiger partial charge in [-0.15, -0.1) is 0 Å². The minimum Gasteiger partial charge on any atom is -0.497 e. The van der Waals surface area contributed by atoms with E-state index in [1.54, 1.807) is 7.11 Å². The number of aliphatic imine (C=N–C) groups is 1. The van der Waals surface area contributed by atoms with Crippen LogP contribution in [-0.2, 0) is 4.74 Å². The second kappa shape index (κ2) is 11.6. The first-order valence-corrected chi connectivity index (χ1v) is 8.10. The average Bonchev–Trinajstić information content (AvgIpc) is 2.57. The van der Waals surface area contributed by atoms with Crippen LogP contribution in [0.2, 0.25) is 0 Å². The third-order valence-electron chi connectivity index (χ3n) is 2.99. The molecule has 1 unspecified atom stereocenters. The molecule has 1 aromatic carbocycles. The number of nitrogens with zero attached hydrogens (tertiary/aromatic N) is 1. The van der Waals surface area contributed by atoms with E-state index in [0.29, 0.717) is 13.2 Å². The number of rotatable bonds is 10. The summed E-state index contributed by atoms with van der Waals surface area (Å²) in [6, 6.07) is 7.55. The molecule has 0 fully saturated rings. The van der Waals surface area contributed by atoms with Gasteiger partial charge in [0, 0.05) is 19.7 Å². The molecule has 2 N–H and O–H groups in total. The summed E-state index contributed by atoms with van der Waals surface area (Å²) in [6.07, 6.45) is -0.0225. The molecule has 23 heavy (non-hydrogen) atoms. The number of hydrogen-bond acceptors (Lipinski definition) is 4. The van der Waals surface area contributed by atoms with Crippen LogP contribution in [0.15, 0.2) is 29.3 Å². The van der Waals surface area contributed by atoms with Crippen LogP contribution >= 0.6 is 0 Å². The van der Waals surface area contributed by atoms with E-state index in [9.17, 15) is 0 Å². The van der Waals surface area contributed by atoms with Gasteiger partial charge in [-0.2, -0.15) is 0 Å². The molecule has 130 valence electrons. The minimum atomic E-state index is -0.0225. The van der Waals surface area contributed by atoms with E-state index in [1.807, 2.05) is 45.0 Å². The molecule has 1 aromatic rings. The maximum absolute atomic E-state index is 5.84. The number of guanidine groups is 1. The van der Waals surface area contributed by atoms with E-state index < -0.39 is 0 Å². The zero-order chi connectivity index (χ0) is 16.9. The van der Waals surface area contributed by atoms with Gasteiger partial charge in [0.25, 0.3) is 0 Å². The predicted octanol–water partition coefficient (Wildman–Crippen LogP) is 2.05. The molecule has 0 heterocycles. The number of nitrogens with one attached hydrogen (secondary N) is 2. The molecule has 0 saturated heterocycles. The third-order valence-corrected chi connectivity index (χ3v) is 2.99. The molecule has 0 aromatic heterocycles. The smallest absolute Gasteiger partial charge is 0.191 e. The summed E-state index contributed by atoms with van der Waals surface area (Å²) < 4.78 is 16.3. The number of hydrogen-bond donors (Lipinski definition) is 2. The lowest BCUT2D eigenvalue weighted by Crippen LogP contribution is -2.39. The van der Waals surface area contributed by atoms with Crippen molar-refractivity contribution in [3.05, 3.63) is 24.3 Å². The Morgan fingerprint density at radius 2 is 1.83 bits per heavy atom. The standard InChI is InChI=1S/C17H29N3O3/c1-5-18-17(19-11-12-22-6-2)20-13-14(3)23-16-9-7-15(21-4)8-10-16/h7-10,14H,5-6,11-13H2,1-4H3,(H2,18,19,20). The molecule has 0 bridgehead atoms. The van der Waals surface area contributed by atoms with Crippen LogP contribution in [0.5, 0.6) is 11.5 Å². The van der Waals surface area contributed by atoms with Crippen LogP contribution in [0.4, 0.5) is 0 Å². The van der Waals surface area contributed by atoms with Gasteiger partial charge < -0.3 is 24.8 Å². The van der Waals surface area contributed by atoms with E-state index in [-0.39, 0.29) is 6.10 Å². The fourth-order valence-electron chi connectivity index (χ4n) is 1.87. The Morgan fingerprint density at radius 3 is 2.43 bits per heavy atom. The van der Waals surface area contributed by atoms with Gasteiger partial charge in [-0.05, 0) is 45.0 Å². The highest BCUT2D eigenvalue weighted by molar-refractivity contribution is 5.79. The van der Waals surface area contributed by atoms with Crippen molar-refractivity contribution >= 4 is 5.96 Å². The van der Waals surface area contributed by atoms with Gasteiger partial charge in [-0.25, -0.2) is 4.99 Å². The molecule has 0 spiro atoms. The SMILES string of the molecule is CCNC(=NCC(C)Oc1ccc(OC)cc1)NCCOCC. The zero-order valence-corrected chi connectivity index (χ0v) is 14.6. The Balaban J connectivity index is 2.42. The van der Waals surface area contributed by atoms with Crippen molar-refractivity contribution in [3.63, 3.8) is 0 Å². The summed E-state index contributed by atoms with van der Waals surface area (Å²) in [5, 5.41) is 6.44. The van der Waals surface area contributed by atoms with E-state index in [4.69, 9.17) is 14.2 Å². The topological polar surface area (TPSA) is 64.1 Å². The molecule has 1 atom stereocenters. The Morgan fingerprint density at radius 1 is 1.13 bits per heavy atom. The van der Waals surface area contributed by atoms with Crippen molar-refractivity contribution < 1.29 is 14.2 Å². The molecular weight excluding hydrogens is 294 g/mol. The van der Waals surface area contributed by atoms with Crippen molar-refractivity contribution in [2.75, 3.05) is 40.0 Å². The third kappa shape index (κ3) is 8.30. The first kappa shape index (κ1) is 19.1. The summed E-state index contributed by atoms with van der Waals surface area (Å²) >= 11 is 0. The molecular formula is C17H29N3O3. The maximum Gasteiger partial charge on any atom is 0.191 e. The Bertz CT molecular complexity index is 449. The highest BCUT2D eigenvalue weighted by Gasteiger charge is 2.05. The van der Waals surface area contributed by atoms with Gasteiger partial charge in [0.2, 0.25) is 0 Å². The molecule has 0 aliphatic carbocycles. The fourth-order valence-corrected chi connectivity index (χ4v) is 1.87. The first-order chi connectivity index (χ1) is 11.2. The first-order valence-electron chi connectivity index (χ1n) is 8.10. The Labute approximate surface area is 139 Å². The van der Waals surface area contributed by atoms with E-state index in [1.165, 1.54) is 0 Å². The summed E-state index contributed by atoms with van der Waals surface area (Å²) in [7, 11) is 1.65. The lowest BCUT2D eigenvalue weighted by atomic mass is 10.3. The molecule has 0 aliphatic heterocycles. The van der Waals surface area contributed by atoms with Gasteiger partial charge in [-0.1, -0.05) is 0 Å². The molecule has 0 aliphatic rings. The lowest BCUT2D eigenvalue weighted by Gasteiger charge is -2.15. The highest BCUT2D eigenvalue weighted by Crippen LogP contribution is 2.18. The van der Waals surface area contributed by atoms with E-state index >= 15 is 0 Å². The summed E-state index contributed by atoms with van der Waals surface area (Å²) in [4.78, 5) is 4.53. The highest BCUT2D eigenvalue weighted by atomic mass is 16.5.